The van der Waals surface area contributed by atoms with Crippen molar-refractivity contribution in [1.29, 1.82) is 5.26 Å². The minimum Gasteiger partial charge on any atom is -0.464 e. The Morgan fingerprint density at radius 2 is 2.16 bits per heavy atom. The van der Waals surface area contributed by atoms with Crippen molar-refractivity contribution >= 4 is 28.3 Å². The van der Waals surface area contributed by atoms with Crippen molar-refractivity contribution in [3.63, 3.8) is 0 Å². The summed E-state index contributed by atoms with van der Waals surface area (Å²) >= 11 is 6.03. The molecular formula is C19H18ClN3O2. The summed E-state index contributed by atoms with van der Waals surface area (Å²) in [5.74, 6) is 2.27. The van der Waals surface area contributed by atoms with Crippen LogP contribution >= 0.6 is 11.6 Å². The lowest BCUT2D eigenvalue weighted by Crippen LogP contribution is -2.13. The SMILES string of the molecule is COCCC(Nc1cc(C#N)c2cc(Cl)ccc2n1)c1ccc(C)o1. The molecule has 0 saturated heterocycles. The fraction of sp³-hybridized carbons (Fsp3) is 0.263. The molecule has 1 unspecified atom stereocenters. The Bertz CT molecular complexity index is 930. The highest BCUT2D eigenvalue weighted by Crippen LogP contribution is 2.28. The van der Waals surface area contributed by atoms with Gasteiger partial charge >= 0.3 is 0 Å². The predicted molar refractivity (Wildman–Crippen MR) is 97.8 cm³/mol. The molecule has 0 saturated carbocycles. The monoisotopic (exact) mass is 355 g/mol. The number of rotatable bonds is 6. The Balaban J connectivity index is 1.96. The van der Waals surface area contributed by atoms with Crippen molar-refractivity contribution in [2.45, 2.75) is 19.4 Å². The molecule has 2 heterocycles. The van der Waals surface area contributed by atoms with Crippen molar-refractivity contribution in [1.82, 2.24) is 4.98 Å². The molecule has 128 valence electrons. The van der Waals surface area contributed by atoms with E-state index in [0.717, 1.165) is 16.9 Å². The number of benzene rings is 1. The average Bonchev–Trinajstić information content (AvgIpc) is 3.04. The maximum Gasteiger partial charge on any atom is 0.128 e. The Morgan fingerprint density at radius 3 is 2.84 bits per heavy atom. The van der Waals surface area contributed by atoms with Crippen LogP contribution in [0.25, 0.3) is 10.9 Å². The molecule has 0 radical (unpaired) electrons. The van der Waals surface area contributed by atoms with Gasteiger partial charge in [-0.1, -0.05) is 11.6 Å². The number of nitrogens with zero attached hydrogens (tertiary/aromatic N) is 2. The zero-order valence-corrected chi connectivity index (χ0v) is 14.8. The maximum absolute atomic E-state index is 9.46. The van der Waals surface area contributed by atoms with Gasteiger partial charge in [0.05, 0.1) is 23.2 Å². The highest BCUT2D eigenvalue weighted by molar-refractivity contribution is 6.31. The van der Waals surface area contributed by atoms with E-state index in [2.05, 4.69) is 16.4 Å². The van der Waals surface area contributed by atoms with E-state index in [9.17, 15) is 5.26 Å². The molecule has 5 nitrogen and oxygen atoms in total. The molecule has 0 aliphatic rings. The summed E-state index contributed by atoms with van der Waals surface area (Å²) in [6, 6.07) is 13.0. The molecule has 0 aliphatic carbocycles. The highest BCUT2D eigenvalue weighted by atomic mass is 35.5. The fourth-order valence-electron chi connectivity index (χ4n) is 2.70. The Kier molecular flexibility index (Phi) is 5.22. The van der Waals surface area contributed by atoms with Crippen molar-refractivity contribution in [3.8, 4) is 6.07 Å². The van der Waals surface area contributed by atoms with Crippen LogP contribution in [0.4, 0.5) is 5.82 Å². The molecule has 0 spiro atoms. The number of hydrogen-bond acceptors (Lipinski definition) is 5. The third-order valence-electron chi connectivity index (χ3n) is 3.93. The molecule has 1 atom stereocenters. The van der Waals surface area contributed by atoms with Gasteiger partial charge in [-0.2, -0.15) is 5.26 Å². The molecule has 2 aromatic heterocycles. The largest absolute Gasteiger partial charge is 0.464 e. The number of furan rings is 1. The number of hydrogen-bond donors (Lipinski definition) is 1. The summed E-state index contributed by atoms with van der Waals surface area (Å²) in [5, 5.41) is 14.1. The number of nitriles is 1. The number of nitrogens with one attached hydrogen (secondary N) is 1. The van der Waals surface area contributed by atoms with Crippen LogP contribution in [-0.2, 0) is 4.74 Å². The number of methoxy groups -OCH3 is 1. The lowest BCUT2D eigenvalue weighted by molar-refractivity contribution is 0.187. The molecule has 3 aromatic rings. The summed E-state index contributed by atoms with van der Waals surface area (Å²) < 4.78 is 10.9. The van der Waals surface area contributed by atoms with E-state index in [0.29, 0.717) is 34.9 Å². The first-order valence-corrected chi connectivity index (χ1v) is 8.30. The van der Waals surface area contributed by atoms with Gasteiger partial charge in [0.25, 0.3) is 0 Å². The normalized spacial score (nSPS) is 12.1. The first kappa shape index (κ1) is 17.3. The number of fused-ring (bicyclic) bond motifs is 1. The number of halogens is 1. The third-order valence-corrected chi connectivity index (χ3v) is 4.16. The van der Waals surface area contributed by atoms with Gasteiger partial charge < -0.3 is 14.5 Å². The number of ether oxygens (including phenoxy) is 1. The van der Waals surface area contributed by atoms with E-state index >= 15 is 0 Å². The fourth-order valence-corrected chi connectivity index (χ4v) is 2.88. The van der Waals surface area contributed by atoms with Crippen molar-refractivity contribution in [2.24, 2.45) is 0 Å². The number of pyridine rings is 1. The molecular weight excluding hydrogens is 338 g/mol. The summed E-state index contributed by atoms with van der Waals surface area (Å²) in [6.45, 7) is 2.48. The van der Waals surface area contributed by atoms with Gasteiger partial charge in [-0.15, -0.1) is 0 Å². The van der Waals surface area contributed by atoms with Crippen LogP contribution in [0.15, 0.2) is 40.8 Å². The van der Waals surface area contributed by atoms with E-state index in [1.807, 2.05) is 25.1 Å². The zero-order chi connectivity index (χ0) is 17.8. The smallest absolute Gasteiger partial charge is 0.128 e. The minimum atomic E-state index is -0.0996. The van der Waals surface area contributed by atoms with Crippen molar-refractivity contribution < 1.29 is 9.15 Å². The number of anilines is 1. The number of aryl methyl sites for hydroxylation is 1. The second-order valence-electron chi connectivity index (χ2n) is 5.76. The molecule has 6 heteroatoms. The van der Waals surface area contributed by atoms with Crippen LogP contribution in [0, 0.1) is 18.3 Å². The standard InChI is InChI=1S/C19H18ClN3O2/c1-12-3-6-18(25-12)17(7-8-24-2)23-19-9-13(11-21)15-10-14(20)4-5-16(15)22-19/h3-6,9-10,17H,7-8H2,1-2H3,(H,22,23). The van der Waals surface area contributed by atoms with Crippen LogP contribution in [0.1, 0.15) is 29.5 Å². The van der Waals surface area contributed by atoms with Gasteiger partial charge in [0, 0.05) is 24.1 Å². The van der Waals surface area contributed by atoms with E-state index in [1.165, 1.54) is 0 Å². The van der Waals surface area contributed by atoms with Crippen LogP contribution in [0.2, 0.25) is 5.02 Å². The molecule has 0 amide bonds. The summed E-state index contributed by atoms with van der Waals surface area (Å²) in [4.78, 5) is 4.60. The Hall–Kier alpha value is -2.55. The van der Waals surface area contributed by atoms with Crippen LogP contribution < -0.4 is 5.32 Å². The Morgan fingerprint density at radius 1 is 1.32 bits per heavy atom. The Labute approximate surface area is 151 Å². The van der Waals surface area contributed by atoms with Gasteiger partial charge in [0.15, 0.2) is 0 Å². The molecule has 1 aromatic carbocycles. The van der Waals surface area contributed by atoms with Gasteiger partial charge in [0.2, 0.25) is 0 Å². The van der Waals surface area contributed by atoms with E-state index < -0.39 is 0 Å². The van der Waals surface area contributed by atoms with Crippen molar-refractivity contribution in [3.05, 3.63) is 58.5 Å². The second kappa shape index (κ2) is 7.56. The van der Waals surface area contributed by atoms with Crippen LogP contribution in [-0.4, -0.2) is 18.7 Å². The van der Waals surface area contributed by atoms with Gasteiger partial charge in [-0.3, -0.25) is 0 Å². The molecule has 1 N–H and O–H groups in total. The highest BCUT2D eigenvalue weighted by Gasteiger charge is 2.17. The lowest BCUT2D eigenvalue weighted by Gasteiger charge is -2.17. The first-order valence-electron chi connectivity index (χ1n) is 7.93. The number of aromatic nitrogens is 1. The first-order chi connectivity index (χ1) is 12.1. The molecule has 25 heavy (non-hydrogen) atoms. The van der Waals surface area contributed by atoms with E-state index in [4.69, 9.17) is 20.8 Å². The van der Waals surface area contributed by atoms with Gasteiger partial charge in [0.1, 0.15) is 17.3 Å². The molecule has 0 fully saturated rings. The molecule has 3 rings (SSSR count). The van der Waals surface area contributed by atoms with Gasteiger partial charge in [-0.25, -0.2) is 4.98 Å². The summed E-state index contributed by atoms with van der Waals surface area (Å²) in [5.41, 5.74) is 1.24. The summed E-state index contributed by atoms with van der Waals surface area (Å²) in [6.07, 6.45) is 0.714. The maximum atomic E-state index is 9.46. The lowest BCUT2D eigenvalue weighted by atomic mass is 10.1. The average molecular weight is 356 g/mol. The van der Waals surface area contributed by atoms with Crippen molar-refractivity contribution in [2.75, 3.05) is 19.0 Å². The zero-order valence-electron chi connectivity index (χ0n) is 14.0. The minimum absolute atomic E-state index is 0.0996. The third kappa shape index (κ3) is 3.93. The van der Waals surface area contributed by atoms with Crippen LogP contribution in [0.5, 0.6) is 0 Å². The molecule has 0 bridgehead atoms. The molecule has 0 aliphatic heterocycles. The summed E-state index contributed by atoms with van der Waals surface area (Å²) in [7, 11) is 1.66. The quantitative estimate of drug-likeness (QED) is 0.684. The second-order valence-corrected chi connectivity index (χ2v) is 6.19. The van der Waals surface area contributed by atoms with Gasteiger partial charge in [-0.05, 0) is 49.7 Å². The van der Waals surface area contributed by atoms with E-state index in [-0.39, 0.29) is 6.04 Å². The van der Waals surface area contributed by atoms with Crippen LogP contribution in [0.3, 0.4) is 0 Å². The predicted octanol–water partition coefficient (Wildman–Crippen LogP) is 4.85. The van der Waals surface area contributed by atoms with E-state index in [1.54, 1.807) is 25.3 Å². The topological polar surface area (TPSA) is 71.1 Å².